The molecule has 0 saturated heterocycles. The number of hydrogen-bond acceptors (Lipinski definition) is 5. The largest absolute Gasteiger partial charge is 0.354 e. The number of halogens is 1. The van der Waals surface area contributed by atoms with Gasteiger partial charge in [-0.05, 0) is 17.7 Å². The summed E-state index contributed by atoms with van der Waals surface area (Å²) < 4.78 is 17.3. The predicted octanol–water partition coefficient (Wildman–Crippen LogP) is 1.20. The lowest BCUT2D eigenvalue weighted by atomic mass is 9.96. The first-order valence-corrected chi connectivity index (χ1v) is 9.93. The first-order valence-electron chi connectivity index (χ1n) is 9.93. The van der Waals surface area contributed by atoms with E-state index in [1.54, 1.807) is 23.7 Å². The van der Waals surface area contributed by atoms with Crippen LogP contribution in [0.25, 0.3) is 11.2 Å². The highest BCUT2D eigenvalue weighted by Gasteiger charge is 2.21. The van der Waals surface area contributed by atoms with E-state index in [9.17, 15) is 18.8 Å². The SMILES string of the molecule is Cn1c(=O)c2c(nc(NCCNC(=O)C(C)(C)C)n2Cc2ccc(F)cc2)n(C)c1=O. The lowest BCUT2D eigenvalue weighted by Gasteiger charge is -2.18. The minimum absolute atomic E-state index is 0.0784. The molecule has 0 aliphatic carbocycles. The van der Waals surface area contributed by atoms with Gasteiger partial charge in [-0.1, -0.05) is 32.9 Å². The van der Waals surface area contributed by atoms with Crippen LogP contribution in [0.15, 0.2) is 33.9 Å². The maximum atomic E-state index is 13.3. The smallest absolute Gasteiger partial charge is 0.332 e. The Labute approximate surface area is 178 Å². The molecule has 166 valence electrons. The maximum absolute atomic E-state index is 13.3. The van der Waals surface area contributed by atoms with Gasteiger partial charge in [-0.2, -0.15) is 4.98 Å². The van der Waals surface area contributed by atoms with Crippen molar-refractivity contribution < 1.29 is 9.18 Å². The van der Waals surface area contributed by atoms with E-state index in [0.29, 0.717) is 19.0 Å². The molecule has 0 spiro atoms. The Morgan fingerprint density at radius 3 is 2.32 bits per heavy atom. The molecule has 9 nitrogen and oxygen atoms in total. The molecule has 2 aromatic heterocycles. The second kappa shape index (κ2) is 8.37. The van der Waals surface area contributed by atoms with Crippen LogP contribution in [-0.2, 0) is 25.4 Å². The van der Waals surface area contributed by atoms with E-state index in [2.05, 4.69) is 15.6 Å². The van der Waals surface area contributed by atoms with Gasteiger partial charge in [-0.25, -0.2) is 9.18 Å². The summed E-state index contributed by atoms with van der Waals surface area (Å²) in [5.41, 5.74) is -0.178. The van der Waals surface area contributed by atoms with Crippen LogP contribution in [0.3, 0.4) is 0 Å². The van der Waals surface area contributed by atoms with Gasteiger partial charge in [0.25, 0.3) is 5.56 Å². The predicted molar refractivity (Wildman–Crippen MR) is 117 cm³/mol. The van der Waals surface area contributed by atoms with Crippen LogP contribution in [0.1, 0.15) is 26.3 Å². The summed E-state index contributed by atoms with van der Waals surface area (Å²) in [6.45, 7) is 6.45. The number of carbonyl (C=O) groups is 1. The number of aromatic nitrogens is 4. The molecule has 0 bridgehead atoms. The molecule has 31 heavy (non-hydrogen) atoms. The molecule has 2 N–H and O–H groups in total. The fourth-order valence-electron chi connectivity index (χ4n) is 3.12. The van der Waals surface area contributed by atoms with Gasteiger partial charge in [0, 0.05) is 32.6 Å². The van der Waals surface area contributed by atoms with Crippen molar-refractivity contribution >= 4 is 23.0 Å². The average Bonchev–Trinajstić information content (AvgIpc) is 3.07. The summed E-state index contributed by atoms with van der Waals surface area (Å²) in [4.78, 5) is 41.7. The second-order valence-corrected chi connectivity index (χ2v) is 8.46. The molecule has 0 saturated carbocycles. The molecule has 1 aromatic carbocycles. The van der Waals surface area contributed by atoms with Crippen molar-refractivity contribution in [2.45, 2.75) is 27.3 Å². The number of amides is 1. The molecule has 3 rings (SSSR count). The van der Waals surface area contributed by atoms with Gasteiger partial charge < -0.3 is 10.6 Å². The van der Waals surface area contributed by atoms with Crippen LogP contribution in [0.2, 0.25) is 0 Å². The number of nitrogens with zero attached hydrogens (tertiary/aromatic N) is 4. The van der Waals surface area contributed by atoms with E-state index in [1.807, 2.05) is 20.8 Å². The summed E-state index contributed by atoms with van der Waals surface area (Å²) in [7, 11) is 2.96. The molecule has 3 aromatic rings. The Balaban J connectivity index is 1.97. The van der Waals surface area contributed by atoms with Crippen LogP contribution in [0, 0.1) is 11.2 Å². The Morgan fingerprint density at radius 2 is 1.71 bits per heavy atom. The van der Waals surface area contributed by atoms with Crippen molar-refractivity contribution in [2.75, 3.05) is 18.4 Å². The minimum atomic E-state index is -0.500. The molecule has 0 aliphatic heterocycles. The summed E-state index contributed by atoms with van der Waals surface area (Å²) in [5, 5.41) is 5.98. The quantitative estimate of drug-likeness (QED) is 0.572. The molecule has 1 amide bonds. The zero-order valence-corrected chi connectivity index (χ0v) is 18.3. The molecule has 2 heterocycles. The topological polar surface area (TPSA) is 103 Å². The summed E-state index contributed by atoms with van der Waals surface area (Å²) in [5.74, 6) is -0.0569. The van der Waals surface area contributed by atoms with Gasteiger partial charge in [0.1, 0.15) is 5.82 Å². The van der Waals surface area contributed by atoms with E-state index in [0.717, 1.165) is 10.1 Å². The molecule has 0 atom stereocenters. The van der Waals surface area contributed by atoms with Gasteiger partial charge in [0.15, 0.2) is 11.2 Å². The number of fused-ring (bicyclic) bond motifs is 1. The Morgan fingerprint density at radius 1 is 1.06 bits per heavy atom. The van der Waals surface area contributed by atoms with Crippen molar-refractivity contribution in [3.63, 3.8) is 0 Å². The van der Waals surface area contributed by atoms with Gasteiger partial charge in [-0.3, -0.25) is 23.3 Å². The number of nitrogens with one attached hydrogen (secondary N) is 2. The third kappa shape index (κ3) is 4.52. The van der Waals surface area contributed by atoms with Crippen molar-refractivity contribution in [1.29, 1.82) is 0 Å². The Bertz CT molecular complexity index is 1230. The average molecular weight is 430 g/mol. The van der Waals surface area contributed by atoms with E-state index in [4.69, 9.17) is 0 Å². The molecule has 0 fully saturated rings. The van der Waals surface area contributed by atoms with Crippen molar-refractivity contribution in [1.82, 2.24) is 24.0 Å². The van der Waals surface area contributed by atoms with E-state index in [-0.39, 0.29) is 29.4 Å². The Hall–Kier alpha value is -3.43. The van der Waals surface area contributed by atoms with Crippen LogP contribution in [0.5, 0.6) is 0 Å². The van der Waals surface area contributed by atoms with Crippen molar-refractivity contribution in [2.24, 2.45) is 19.5 Å². The van der Waals surface area contributed by atoms with Crippen LogP contribution < -0.4 is 21.9 Å². The number of anilines is 1. The lowest BCUT2D eigenvalue weighted by Crippen LogP contribution is -2.37. The molecule has 0 unspecified atom stereocenters. The van der Waals surface area contributed by atoms with E-state index >= 15 is 0 Å². The zero-order chi connectivity index (χ0) is 22.9. The van der Waals surface area contributed by atoms with Crippen LogP contribution in [-0.4, -0.2) is 37.7 Å². The zero-order valence-electron chi connectivity index (χ0n) is 18.3. The molecular weight excluding hydrogens is 403 g/mol. The van der Waals surface area contributed by atoms with Crippen LogP contribution in [0.4, 0.5) is 10.3 Å². The van der Waals surface area contributed by atoms with Crippen LogP contribution >= 0.6 is 0 Å². The number of hydrogen-bond donors (Lipinski definition) is 2. The second-order valence-electron chi connectivity index (χ2n) is 8.46. The van der Waals surface area contributed by atoms with Crippen molar-refractivity contribution in [3.8, 4) is 0 Å². The number of imidazole rings is 1. The van der Waals surface area contributed by atoms with Gasteiger partial charge in [0.2, 0.25) is 11.9 Å². The highest BCUT2D eigenvalue weighted by atomic mass is 19.1. The highest BCUT2D eigenvalue weighted by molar-refractivity contribution is 5.81. The first-order chi connectivity index (χ1) is 14.5. The number of aryl methyl sites for hydroxylation is 1. The van der Waals surface area contributed by atoms with Gasteiger partial charge in [0.05, 0.1) is 6.54 Å². The fraction of sp³-hybridized carbons (Fsp3) is 0.429. The molecule has 10 heteroatoms. The Kier molecular flexibility index (Phi) is 6.01. The van der Waals surface area contributed by atoms with Gasteiger partial charge in [-0.15, -0.1) is 0 Å². The third-order valence-electron chi connectivity index (χ3n) is 4.98. The normalized spacial score (nSPS) is 11.7. The van der Waals surface area contributed by atoms with E-state index in [1.165, 1.54) is 23.7 Å². The fourth-order valence-corrected chi connectivity index (χ4v) is 3.12. The molecule has 0 aliphatic rings. The number of benzene rings is 1. The molecular formula is C21H27FN6O3. The molecule has 0 radical (unpaired) electrons. The third-order valence-corrected chi connectivity index (χ3v) is 4.98. The summed E-state index contributed by atoms with van der Waals surface area (Å²) in [6.07, 6.45) is 0. The monoisotopic (exact) mass is 430 g/mol. The van der Waals surface area contributed by atoms with Crippen molar-refractivity contribution in [3.05, 3.63) is 56.5 Å². The lowest BCUT2D eigenvalue weighted by molar-refractivity contribution is -0.128. The maximum Gasteiger partial charge on any atom is 0.332 e. The number of carbonyl (C=O) groups excluding carboxylic acids is 1. The van der Waals surface area contributed by atoms with E-state index < -0.39 is 16.7 Å². The summed E-state index contributed by atoms with van der Waals surface area (Å²) in [6, 6.07) is 5.94. The standard InChI is InChI=1S/C21H27FN6O3/c1-21(2,3)18(30)23-10-11-24-19-25-16-15(17(29)27(5)20(31)26(16)4)28(19)12-13-6-8-14(22)9-7-13/h6-9H,10-12H2,1-5H3,(H,23,30)(H,24,25). The van der Waals surface area contributed by atoms with Gasteiger partial charge >= 0.3 is 5.69 Å². The number of rotatable bonds is 6. The first kappa shape index (κ1) is 22.3. The minimum Gasteiger partial charge on any atom is -0.354 e. The summed E-state index contributed by atoms with van der Waals surface area (Å²) >= 11 is 0. The highest BCUT2D eigenvalue weighted by Crippen LogP contribution is 2.18.